The van der Waals surface area contributed by atoms with Gasteiger partial charge in [0.05, 0.1) is 19.3 Å². The van der Waals surface area contributed by atoms with Gasteiger partial charge in [0.25, 0.3) is 0 Å². The molecular weight excluding hydrogens is 515 g/mol. The number of anilines is 1. The van der Waals surface area contributed by atoms with E-state index in [2.05, 4.69) is 56.5 Å². The topological polar surface area (TPSA) is 57.9 Å². The van der Waals surface area contributed by atoms with Crippen LogP contribution in [0.3, 0.4) is 0 Å². The normalized spacial score (nSPS) is 20.0. The highest BCUT2D eigenvalue weighted by molar-refractivity contribution is 14.0. The number of rotatable bonds is 5. The molecule has 2 aliphatic rings. The fourth-order valence-corrected chi connectivity index (χ4v) is 4.69. The molecule has 0 radical (unpaired) electrons. The van der Waals surface area contributed by atoms with Gasteiger partial charge in [-0.3, -0.25) is 9.67 Å². The fraction of sp³-hybridized carbons (Fsp3) is 0.583. The van der Waals surface area contributed by atoms with Gasteiger partial charge in [-0.15, -0.1) is 24.0 Å². The monoisotopic (exact) mass is 552 g/mol. The van der Waals surface area contributed by atoms with E-state index < -0.39 is 0 Å². The highest BCUT2D eigenvalue weighted by atomic mass is 127. The van der Waals surface area contributed by atoms with E-state index in [-0.39, 0.29) is 30.1 Å². The van der Waals surface area contributed by atoms with E-state index in [0.29, 0.717) is 12.6 Å². The summed E-state index contributed by atoms with van der Waals surface area (Å²) < 4.78 is 7.79. The number of halogens is 1. The van der Waals surface area contributed by atoms with Gasteiger partial charge in [-0.2, -0.15) is 5.10 Å². The van der Waals surface area contributed by atoms with Gasteiger partial charge < -0.3 is 19.9 Å². The van der Waals surface area contributed by atoms with E-state index in [1.54, 1.807) is 0 Å². The fourth-order valence-electron chi connectivity index (χ4n) is 4.69. The first-order valence-corrected chi connectivity index (χ1v) is 11.5. The third-order valence-corrected chi connectivity index (χ3v) is 6.59. The number of guanidine groups is 1. The molecule has 4 rings (SSSR count). The number of hydrogen-bond donors (Lipinski definition) is 1. The van der Waals surface area contributed by atoms with Crippen molar-refractivity contribution in [2.75, 3.05) is 38.7 Å². The van der Waals surface area contributed by atoms with Crippen molar-refractivity contribution in [1.29, 1.82) is 0 Å². The molecule has 2 aromatic rings. The number of morpholine rings is 1. The lowest BCUT2D eigenvalue weighted by molar-refractivity contribution is -0.00805. The third kappa shape index (κ3) is 6.15. The Morgan fingerprint density at radius 1 is 1.22 bits per heavy atom. The van der Waals surface area contributed by atoms with Crippen LogP contribution in [0, 0.1) is 0 Å². The summed E-state index contributed by atoms with van der Waals surface area (Å²) >= 11 is 0. The molecule has 1 aromatic carbocycles. The van der Waals surface area contributed by atoms with E-state index in [0.717, 1.165) is 31.2 Å². The molecule has 0 spiro atoms. The second kappa shape index (κ2) is 11.9. The summed E-state index contributed by atoms with van der Waals surface area (Å²) in [6, 6.07) is 9.65. The molecule has 0 amide bonds. The Hall–Kier alpha value is -1.81. The maximum absolute atomic E-state index is 5.97. The van der Waals surface area contributed by atoms with Gasteiger partial charge in [0, 0.05) is 57.7 Å². The minimum Gasteiger partial charge on any atom is -0.372 e. The van der Waals surface area contributed by atoms with Gasteiger partial charge in [-0.25, -0.2) is 0 Å². The Bertz CT molecular complexity index is 862. The van der Waals surface area contributed by atoms with Crippen LogP contribution >= 0.6 is 24.0 Å². The van der Waals surface area contributed by atoms with Gasteiger partial charge in [-0.1, -0.05) is 31.4 Å². The Balaban J connectivity index is 0.00000289. The lowest BCUT2D eigenvalue weighted by Crippen LogP contribution is -2.47. The summed E-state index contributed by atoms with van der Waals surface area (Å²) in [4.78, 5) is 9.24. The zero-order valence-electron chi connectivity index (χ0n) is 19.5. The molecule has 1 N–H and O–H groups in total. The molecule has 1 unspecified atom stereocenters. The standard InChI is InChI=1S/C24H36N6O.HI/c1-25-24(30-13-14-31-23(18-30)20-16-27-28(2)17-20)26-15-19-9-11-22(12-10-19)29(3)21-7-5-4-6-8-21;/h9-12,16-17,21,23H,4-8,13-15,18H2,1-3H3,(H,25,26);1H. The van der Waals surface area contributed by atoms with Crippen LogP contribution in [0.4, 0.5) is 5.69 Å². The van der Waals surface area contributed by atoms with E-state index >= 15 is 0 Å². The van der Waals surface area contributed by atoms with E-state index in [4.69, 9.17) is 4.74 Å². The summed E-state index contributed by atoms with van der Waals surface area (Å²) in [7, 11) is 6.02. The zero-order chi connectivity index (χ0) is 21.6. The van der Waals surface area contributed by atoms with Crippen molar-refractivity contribution in [3.8, 4) is 0 Å². The average molecular weight is 553 g/mol. The molecule has 2 heterocycles. The number of aromatic nitrogens is 2. The van der Waals surface area contributed by atoms with Crippen LogP contribution in [-0.2, 0) is 18.3 Å². The molecule has 1 saturated heterocycles. The predicted octanol–water partition coefficient (Wildman–Crippen LogP) is 3.96. The first-order chi connectivity index (χ1) is 15.1. The van der Waals surface area contributed by atoms with E-state index in [1.165, 1.54) is 43.4 Å². The number of ether oxygens (including phenoxy) is 1. The maximum atomic E-state index is 5.97. The lowest BCUT2D eigenvalue weighted by atomic mass is 9.94. The van der Waals surface area contributed by atoms with Crippen LogP contribution in [-0.4, -0.2) is 60.5 Å². The molecule has 7 nitrogen and oxygen atoms in total. The molecule has 1 atom stereocenters. The highest BCUT2D eigenvalue weighted by Gasteiger charge is 2.25. The molecule has 1 aromatic heterocycles. The predicted molar refractivity (Wildman–Crippen MR) is 141 cm³/mol. The lowest BCUT2D eigenvalue weighted by Gasteiger charge is -2.35. The molecular formula is C24H37IN6O. The number of nitrogens with zero attached hydrogens (tertiary/aromatic N) is 5. The van der Waals surface area contributed by atoms with Crippen molar-refractivity contribution < 1.29 is 4.74 Å². The number of hydrogen-bond acceptors (Lipinski definition) is 4. The molecule has 8 heteroatoms. The maximum Gasteiger partial charge on any atom is 0.194 e. The molecule has 0 bridgehead atoms. The van der Waals surface area contributed by atoms with Crippen LogP contribution in [0.15, 0.2) is 41.7 Å². The smallest absolute Gasteiger partial charge is 0.194 e. The summed E-state index contributed by atoms with van der Waals surface area (Å²) in [5.41, 5.74) is 3.69. The van der Waals surface area contributed by atoms with Gasteiger partial charge in [-0.05, 0) is 30.5 Å². The Labute approximate surface area is 209 Å². The van der Waals surface area contributed by atoms with Crippen molar-refractivity contribution in [3.05, 3.63) is 47.8 Å². The Morgan fingerprint density at radius 3 is 2.62 bits per heavy atom. The minimum atomic E-state index is 0. The highest BCUT2D eigenvalue weighted by Crippen LogP contribution is 2.26. The third-order valence-electron chi connectivity index (χ3n) is 6.59. The summed E-state index contributed by atoms with van der Waals surface area (Å²) in [5, 5.41) is 7.81. The number of benzene rings is 1. The van der Waals surface area contributed by atoms with Crippen molar-refractivity contribution in [2.45, 2.75) is 50.8 Å². The summed E-state index contributed by atoms with van der Waals surface area (Å²) in [6.45, 7) is 3.05. The minimum absolute atomic E-state index is 0. The largest absolute Gasteiger partial charge is 0.372 e. The van der Waals surface area contributed by atoms with Crippen LogP contribution < -0.4 is 10.2 Å². The Kier molecular flexibility index (Phi) is 9.22. The zero-order valence-corrected chi connectivity index (χ0v) is 21.9. The first kappa shape index (κ1) is 24.8. The van der Waals surface area contributed by atoms with Crippen molar-refractivity contribution in [1.82, 2.24) is 20.0 Å². The number of nitrogens with one attached hydrogen (secondary N) is 1. The van der Waals surface area contributed by atoms with Crippen LogP contribution in [0.2, 0.25) is 0 Å². The van der Waals surface area contributed by atoms with Crippen molar-refractivity contribution >= 4 is 35.6 Å². The molecule has 1 aliphatic heterocycles. The molecule has 176 valence electrons. The van der Waals surface area contributed by atoms with Gasteiger partial charge in [0.15, 0.2) is 5.96 Å². The van der Waals surface area contributed by atoms with Crippen LogP contribution in [0.1, 0.15) is 49.3 Å². The van der Waals surface area contributed by atoms with Crippen LogP contribution in [0.25, 0.3) is 0 Å². The second-order valence-corrected chi connectivity index (χ2v) is 8.72. The quantitative estimate of drug-likeness (QED) is 0.346. The number of aryl methyl sites for hydroxylation is 1. The van der Waals surface area contributed by atoms with Crippen molar-refractivity contribution in [2.24, 2.45) is 12.0 Å². The first-order valence-electron chi connectivity index (χ1n) is 11.5. The van der Waals surface area contributed by atoms with Gasteiger partial charge in [0.2, 0.25) is 0 Å². The van der Waals surface area contributed by atoms with Gasteiger partial charge in [0.1, 0.15) is 6.10 Å². The summed E-state index contributed by atoms with van der Waals surface area (Å²) in [6.07, 6.45) is 10.7. The number of aliphatic imine (C=N–C) groups is 1. The van der Waals surface area contributed by atoms with E-state index in [1.807, 2.05) is 31.2 Å². The van der Waals surface area contributed by atoms with Crippen LogP contribution in [0.5, 0.6) is 0 Å². The Morgan fingerprint density at radius 2 is 1.97 bits per heavy atom. The average Bonchev–Trinajstić information content (AvgIpc) is 3.26. The summed E-state index contributed by atoms with van der Waals surface area (Å²) in [5.74, 6) is 0.917. The van der Waals surface area contributed by atoms with E-state index in [9.17, 15) is 0 Å². The molecule has 2 fully saturated rings. The molecule has 1 saturated carbocycles. The van der Waals surface area contributed by atoms with Crippen molar-refractivity contribution in [3.63, 3.8) is 0 Å². The van der Waals surface area contributed by atoms with Gasteiger partial charge >= 0.3 is 0 Å². The second-order valence-electron chi connectivity index (χ2n) is 8.72. The molecule has 32 heavy (non-hydrogen) atoms. The molecule has 1 aliphatic carbocycles. The SMILES string of the molecule is CN=C(NCc1ccc(N(C)C2CCCCC2)cc1)N1CCOC(c2cnn(C)c2)C1.I.